The molecule has 4 aliphatic carbocycles. The van der Waals surface area contributed by atoms with Crippen molar-refractivity contribution in [2.45, 2.75) is 98.3 Å². The van der Waals surface area contributed by atoms with E-state index in [-0.39, 0.29) is 16.8 Å². The topological polar surface area (TPSA) is 52.1 Å². The van der Waals surface area contributed by atoms with Crippen molar-refractivity contribution in [3.8, 4) is 0 Å². The molecule has 2 saturated carbocycles. The van der Waals surface area contributed by atoms with Crippen LogP contribution in [0.15, 0.2) is 24.2 Å². The highest BCUT2D eigenvalue weighted by atomic mass is 16.5. The van der Waals surface area contributed by atoms with Gasteiger partial charge in [-0.2, -0.15) is 0 Å². The van der Waals surface area contributed by atoms with E-state index in [2.05, 4.69) is 51.9 Å². The van der Waals surface area contributed by atoms with Gasteiger partial charge < -0.3 is 4.74 Å². The number of allylic oxidation sites excluding steroid dienone is 2. The smallest absolute Gasteiger partial charge is 0.305 e. The Hall–Kier alpha value is -1.71. The molecule has 0 aromatic carbocycles. The molecule has 4 nitrogen and oxygen atoms in total. The molecule has 186 valence electrons. The lowest BCUT2D eigenvalue weighted by Gasteiger charge is -2.60. The van der Waals surface area contributed by atoms with Crippen molar-refractivity contribution in [2.24, 2.45) is 40.4 Å². The van der Waals surface area contributed by atoms with Crippen molar-refractivity contribution in [3.05, 3.63) is 35.4 Å². The molecule has 0 N–H and O–H groups in total. The van der Waals surface area contributed by atoms with E-state index in [0.29, 0.717) is 24.4 Å². The van der Waals surface area contributed by atoms with Gasteiger partial charge in [0.1, 0.15) is 6.33 Å². The summed E-state index contributed by atoms with van der Waals surface area (Å²) in [7, 11) is 0. The van der Waals surface area contributed by atoms with Crippen LogP contribution in [-0.2, 0) is 21.4 Å². The van der Waals surface area contributed by atoms with E-state index in [1.165, 1.54) is 43.4 Å². The van der Waals surface area contributed by atoms with Crippen LogP contribution in [0.3, 0.4) is 0 Å². The van der Waals surface area contributed by atoms with Crippen LogP contribution in [0.2, 0.25) is 0 Å². The first-order valence-corrected chi connectivity index (χ1v) is 13.8. The summed E-state index contributed by atoms with van der Waals surface area (Å²) < 4.78 is 5.21. The first kappa shape index (κ1) is 24.0. The maximum atomic E-state index is 12.0. The number of rotatable bonds is 5. The fourth-order valence-corrected chi connectivity index (χ4v) is 9.62. The summed E-state index contributed by atoms with van der Waals surface area (Å²) in [4.78, 5) is 21.1. The standard InChI is InChI=1S/C30H44N2O2/c1-7-34-26(33)13-8-19(2)22-10-11-23-21-9-12-25-28(3,4)27-20(17-31-18-32-27)16-30(25,6)24(21)14-15-29(22,23)5/h12,17-19,21-24H,7-11,13-16H2,1-6H3/t19-,21+,22-,23+,24+,29-,30-/m1/s1. The van der Waals surface area contributed by atoms with E-state index >= 15 is 0 Å². The normalized spacial score (nSPS) is 38.6. The lowest BCUT2D eigenvalue weighted by molar-refractivity contribution is -0.143. The molecule has 0 saturated heterocycles. The molecule has 0 bridgehead atoms. The molecule has 1 aromatic rings. The fourth-order valence-electron chi connectivity index (χ4n) is 9.62. The number of carbonyl (C=O) groups excluding carboxylic acids is 1. The number of ether oxygens (including phenoxy) is 1. The van der Waals surface area contributed by atoms with Crippen LogP contribution in [0, 0.1) is 40.4 Å². The SMILES string of the molecule is CCOC(=O)CC[C@@H](C)[C@H]1CC[C@H]2[C@@H]3CC=C4C(C)(C)c5ncncc5C[C@]4(C)[C@H]3CC[C@]12C. The highest BCUT2D eigenvalue weighted by Gasteiger charge is 2.61. The van der Waals surface area contributed by atoms with Gasteiger partial charge in [-0.3, -0.25) is 4.79 Å². The monoisotopic (exact) mass is 464 g/mol. The van der Waals surface area contributed by atoms with Gasteiger partial charge in [-0.1, -0.05) is 46.3 Å². The van der Waals surface area contributed by atoms with Gasteiger partial charge in [-0.25, -0.2) is 9.97 Å². The zero-order valence-electron chi connectivity index (χ0n) is 22.2. The Morgan fingerprint density at radius 1 is 1.18 bits per heavy atom. The summed E-state index contributed by atoms with van der Waals surface area (Å²) in [6.07, 6.45) is 15.6. The molecule has 7 atom stereocenters. The second kappa shape index (κ2) is 8.45. The highest BCUT2D eigenvalue weighted by molar-refractivity contribution is 5.69. The van der Waals surface area contributed by atoms with Crippen molar-refractivity contribution in [1.82, 2.24) is 9.97 Å². The van der Waals surface area contributed by atoms with Crippen LogP contribution in [0.4, 0.5) is 0 Å². The van der Waals surface area contributed by atoms with Crippen molar-refractivity contribution >= 4 is 5.97 Å². The number of nitrogens with zero attached hydrogens (tertiary/aromatic N) is 2. The Labute approximate surface area is 206 Å². The van der Waals surface area contributed by atoms with E-state index in [1.807, 2.05) is 6.92 Å². The quantitative estimate of drug-likeness (QED) is 0.360. The molecule has 4 heteroatoms. The van der Waals surface area contributed by atoms with Gasteiger partial charge in [0.25, 0.3) is 0 Å². The minimum atomic E-state index is -0.0280. The summed E-state index contributed by atoms with van der Waals surface area (Å²) in [6, 6.07) is 0. The number of esters is 1. The second-order valence-corrected chi connectivity index (χ2v) is 12.9. The maximum absolute atomic E-state index is 12.0. The molecule has 0 aliphatic heterocycles. The van der Waals surface area contributed by atoms with E-state index in [9.17, 15) is 4.79 Å². The minimum Gasteiger partial charge on any atom is -0.466 e. The summed E-state index contributed by atoms with van der Waals surface area (Å²) in [5.41, 5.74) is 4.83. The lowest BCUT2D eigenvalue weighted by Crippen LogP contribution is -2.54. The average molecular weight is 465 g/mol. The highest BCUT2D eigenvalue weighted by Crippen LogP contribution is 2.68. The molecular formula is C30H44N2O2. The van der Waals surface area contributed by atoms with E-state index < -0.39 is 0 Å². The Morgan fingerprint density at radius 3 is 2.74 bits per heavy atom. The average Bonchev–Trinajstić information content (AvgIpc) is 3.15. The summed E-state index contributed by atoms with van der Waals surface area (Å²) in [6.45, 7) is 14.7. The van der Waals surface area contributed by atoms with Crippen molar-refractivity contribution in [3.63, 3.8) is 0 Å². The Bertz CT molecular complexity index is 984. The molecule has 0 radical (unpaired) electrons. The van der Waals surface area contributed by atoms with Gasteiger partial charge in [0.2, 0.25) is 0 Å². The molecule has 5 rings (SSSR count). The third-order valence-corrected chi connectivity index (χ3v) is 10.9. The number of carbonyl (C=O) groups is 1. The van der Waals surface area contributed by atoms with Crippen molar-refractivity contribution in [2.75, 3.05) is 6.61 Å². The van der Waals surface area contributed by atoms with Crippen LogP contribution in [0.1, 0.15) is 97.7 Å². The van der Waals surface area contributed by atoms with Gasteiger partial charge >= 0.3 is 5.97 Å². The van der Waals surface area contributed by atoms with Crippen molar-refractivity contribution < 1.29 is 9.53 Å². The van der Waals surface area contributed by atoms with Gasteiger partial charge in [0.15, 0.2) is 0 Å². The maximum Gasteiger partial charge on any atom is 0.305 e. The third kappa shape index (κ3) is 3.49. The Morgan fingerprint density at radius 2 is 1.97 bits per heavy atom. The van der Waals surface area contributed by atoms with Crippen LogP contribution in [-0.4, -0.2) is 22.5 Å². The largest absolute Gasteiger partial charge is 0.466 e. The molecule has 1 aromatic heterocycles. The van der Waals surface area contributed by atoms with Crippen LogP contribution in [0.5, 0.6) is 0 Å². The van der Waals surface area contributed by atoms with Crippen molar-refractivity contribution in [1.29, 1.82) is 0 Å². The summed E-state index contributed by atoms with van der Waals surface area (Å²) in [5, 5.41) is 0. The zero-order valence-corrected chi connectivity index (χ0v) is 22.2. The number of hydrogen-bond donors (Lipinski definition) is 0. The lowest BCUT2D eigenvalue weighted by atomic mass is 9.44. The minimum absolute atomic E-state index is 0.0170. The predicted molar refractivity (Wildman–Crippen MR) is 135 cm³/mol. The number of aromatic nitrogens is 2. The molecular weight excluding hydrogens is 420 g/mol. The summed E-state index contributed by atoms with van der Waals surface area (Å²) >= 11 is 0. The zero-order chi connectivity index (χ0) is 24.3. The molecule has 0 amide bonds. The second-order valence-electron chi connectivity index (χ2n) is 12.9. The molecule has 1 heterocycles. The summed E-state index contributed by atoms with van der Waals surface area (Å²) in [5.74, 6) is 3.60. The third-order valence-electron chi connectivity index (χ3n) is 10.9. The molecule has 0 spiro atoms. The predicted octanol–water partition coefficient (Wildman–Crippen LogP) is 6.68. The molecule has 2 fully saturated rings. The van der Waals surface area contributed by atoms with Crippen LogP contribution >= 0.6 is 0 Å². The number of hydrogen-bond acceptors (Lipinski definition) is 4. The van der Waals surface area contributed by atoms with Crippen LogP contribution < -0.4 is 0 Å². The van der Waals surface area contributed by atoms with Gasteiger partial charge in [0, 0.05) is 18.0 Å². The van der Waals surface area contributed by atoms with Gasteiger partial charge in [-0.05, 0) is 97.9 Å². The van der Waals surface area contributed by atoms with Gasteiger partial charge in [-0.15, -0.1) is 0 Å². The molecule has 4 aliphatic rings. The van der Waals surface area contributed by atoms with E-state index in [4.69, 9.17) is 9.72 Å². The Kier molecular flexibility index (Phi) is 5.97. The molecule has 0 unspecified atom stereocenters. The Balaban J connectivity index is 1.39. The molecule has 34 heavy (non-hydrogen) atoms. The fraction of sp³-hybridized carbons (Fsp3) is 0.767. The van der Waals surface area contributed by atoms with Gasteiger partial charge in [0.05, 0.1) is 12.3 Å². The van der Waals surface area contributed by atoms with E-state index in [0.717, 1.165) is 36.5 Å². The van der Waals surface area contributed by atoms with Crippen LogP contribution in [0.25, 0.3) is 0 Å². The number of fused-ring (bicyclic) bond motifs is 6. The first-order chi connectivity index (χ1) is 16.1. The first-order valence-electron chi connectivity index (χ1n) is 13.8. The van der Waals surface area contributed by atoms with E-state index in [1.54, 1.807) is 11.9 Å².